The molecule has 0 rings (SSSR count). The van der Waals surface area contributed by atoms with Gasteiger partial charge in [-0.2, -0.15) is 0 Å². The monoisotopic (exact) mass is 324 g/mol. The lowest BCUT2D eigenvalue weighted by Gasteiger charge is -2.12. The smallest absolute Gasteiger partial charge is 0.316 e. The van der Waals surface area contributed by atoms with E-state index in [4.69, 9.17) is 9.47 Å². The third kappa shape index (κ3) is 10.4. The first-order chi connectivity index (χ1) is 10.8. The van der Waals surface area contributed by atoms with Crippen molar-refractivity contribution in [3.05, 3.63) is 23.3 Å². The van der Waals surface area contributed by atoms with Gasteiger partial charge in [0.1, 0.15) is 18.3 Å². The molecule has 130 valence electrons. The summed E-state index contributed by atoms with van der Waals surface area (Å²) in [4.78, 5) is 34.0. The van der Waals surface area contributed by atoms with E-state index >= 15 is 0 Å². The highest BCUT2D eigenvalue weighted by Gasteiger charge is 2.24. The first kappa shape index (κ1) is 21.1. The molecule has 0 aliphatic heterocycles. The summed E-state index contributed by atoms with van der Waals surface area (Å²) in [6, 6.07) is 0. The fourth-order valence-electron chi connectivity index (χ4n) is 1.99. The van der Waals surface area contributed by atoms with Crippen molar-refractivity contribution in [2.75, 3.05) is 13.2 Å². The molecule has 0 aliphatic rings. The molecule has 0 bridgehead atoms. The fraction of sp³-hybridized carbons (Fsp3) is 0.611. The second-order valence-corrected chi connectivity index (χ2v) is 5.56. The molecule has 0 radical (unpaired) electrons. The molecule has 0 saturated carbocycles. The highest BCUT2D eigenvalue weighted by atomic mass is 16.5. The van der Waals surface area contributed by atoms with E-state index in [0.717, 1.165) is 24.0 Å². The molecule has 0 saturated heterocycles. The van der Waals surface area contributed by atoms with Gasteiger partial charge < -0.3 is 9.47 Å². The highest BCUT2D eigenvalue weighted by Crippen LogP contribution is 2.16. The lowest BCUT2D eigenvalue weighted by Crippen LogP contribution is -2.24. The minimum Gasteiger partial charge on any atom is -0.465 e. The molecule has 5 nitrogen and oxygen atoms in total. The fourth-order valence-corrected chi connectivity index (χ4v) is 1.99. The quantitative estimate of drug-likeness (QED) is 0.350. The lowest BCUT2D eigenvalue weighted by molar-refractivity contribution is -0.151. The van der Waals surface area contributed by atoms with Gasteiger partial charge in [0.2, 0.25) is 0 Å². The Balaban J connectivity index is 4.40. The lowest BCUT2D eigenvalue weighted by atomic mass is 9.95. The number of carbonyl (C=O) groups excluding carboxylic acids is 3. The van der Waals surface area contributed by atoms with Gasteiger partial charge in [-0.3, -0.25) is 14.4 Å². The molecule has 0 amide bonds. The van der Waals surface area contributed by atoms with Gasteiger partial charge in [-0.1, -0.05) is 17.2 Å². The van der Waals surface area contributed by atoms with E-state index in [-0.39, 0.29) is 18.4 Å². The van der Waals surface area contributed by atoms with Crippen LogP contribution in [0.5, 0.6) is 0 Å². The largest absolute Gasteiger partial charge is 0.465 e. The van der Waals surface area contributed by atoms with Crippen molar-refractivity contribution >= 4 is 17.7 Å². The van der Waals surface area contributed by atoms with Crippen LogP contribution in [0, 0.1) is 5.92 Å². The summed E-state index contributed by atoms with van der Waals surface area (Å²) in [6.07, 6.45) is 5.94. The average Bonchev–Trinajstić information content (AvgIpc) is 2.44. The zero-order valence-electron chi connectivity index (χ0n) is 14.8. The molecule has 23 heavy (non-hydrogen) atoms. The second-order valence-electron chi connectivity index (χ2n) is 5.56. The summed E-state index contributed by atoms with van der Waals surface area (Å²) in [5, 5.41) is 0. The predicted molar refractivity (Wildman–Crippen MR) is 88.8 cm³/mol. The van der Waals surface area contributed by atoms with Gasteiger partial charge in [0.25, 0.3) is 0 Å². The molecule has 0 aromatic carbocycles. The molecule has 0 heterocycles. The van der Waals surface area contributed by atoms with Crippen LogP contribution in [0.15, 0.2) is 23.3 Å². The van der Waals surface area contributed by atoms with E-state index in [1.807, 2.05) is 26.0 Å². The summed E-state index contributed by atoms with van der Waals surface area (Å²) < 4.78 is 9.78. The van der Waals surface area contributed by atoms with Gasteiger partial charge >= 0.3 is 11.9 Å². The first-order valence-electron chi connectivity index (χ1n) is 7.89. The van der Waals surface area contributed by atoms with Gasteiger partial charge in [-0.15, -0.1) is 0 Å². The number of allylic oxidation sites excluding steroid dienone is 3. The van der Waals surface area contributed by atoms with E-state index < -0.39 is 11.9 Å². The SMILES string of the molecule is CCOC(=O)C(C/C(C)=C/CC/C(C)=C/COC(C)=O)C(C)=O. The van der Waals surface area contributed by atoms with Crippen molar-refractivity contribution in [3.63, 3.8) is 0 Å². The molecular formula is C18H28O5. The van der Waals surface area contributed by atoms with Gasteiger partial charge in [0.05, 0.1) is 6.61 Å². The molecule has 0 aliphatic carbocycles. The third-order valence-electron chi connectivity index (χ3n) is 3.34. The molecule has 0 spiro atoms. The van der Waals surface area contributed by atoms with E-state index in [1.54, 1.807) is 6.92 Å². The second kappa shape index (κ2) is 11.6. The van der Waals surface area contributed by atoms with Crippen LogP contribution in [-0.4, -0.2) is 30.9 Å². The van der Waals surface area contributed by atoms with Crippen LogP contribution in [0.25, 0.3) is 0 Å². The van der Waals surface area contributed by atoms with Crippen LogP contribution >= 0.6 is 0 Å². The van der Waals surface area contributed by atoms with Crippen LogP contribution in [0.1, 0.15) is 53.9 Å². The standard InChI is InChI=1S/C18H28O5/c1-6-22-18(21)17(15(4)19)12-14(3)9-7-8-13(2)10-11-23-16(5)20/h9-10,17H,6-8,11-12H2,1-5H3/b13-10+,14-9+. The minimum absolute atomic E-state index is 0.173. The summed E-state index contributed by atoms with van der Waals surface area (Å²) >= 11 is 0. The molecule has 5 heteroatoms. The van der Waals surface area contributed by atoms with E-state index in [1.165, 1.54) is 13.8 Å². The zero-order chi connectivity index (χ0) is 17.8. The van der Waals surface area contributed by atoms with Crippen LogP contribution in [0.2, 0.25) is 0 Å². The molecule has 0 aromatic heterocycles. The Bertz CT molecular complexity index is 474. The van der Waals surface area contributed by atoms with Crippen molar-refractivity contribution in [1.82, 2.24) is 0 Å². The number of rotatable bonds is 10. The van der Waals surface area contributed by atoms with Crippen molar-refractivity contribution < 1.29 is 23.9 Å². The maximum Gasteiger partial charge on any atom is 0.316 e. The topological polar surface area (TPSA) is 69.7 Å². The molecule has 0 aromatic rings. The summed E-state index contributed by atoms with van der Waals surface area (Å²) in [5.41, 5.74) is 2.12. The molecule has 0 fully saturated rings. The molecule has 0 N–H and O–H groups in total. The predicted octanol–water partition coefficient (Wildman–Crippen LogP) is 3.38. The Kier molecular flexibility index (Phi) is 10.7. The summed E-state index contributed by atoms with van der Waals surface area (Å²) in [5.74, 6) is -1.63. The number of Topliss-reactive ketones (excluding diaryl/α,β-unsaturated/α-hetero) is 1. The number of carbonyl (C=O) groups is 3. The summed E-state index contributed by atoms with van der Waals surface area (Å²) in [7, 11) is 0. The summed E-state index contributed by atoms with van der Waals surface area (Å²) in [6.45, 7) is 8.97. The Hall–Kier alpha value is -1.91. The Morgan fingerprint density at radius 1 is 0.957 bits per heavy atom. The Labute approximate surface area is 138 Å². The van der Waals surface area contributed by atoms with E-state index in [9.17, 15) is 14.4 Å². The van der Waals surface area contributed by atoms with Crippen molar-refractivity contribution in [3.8, 4) is 0 Å². The maximum atomic E-state index is 11.8. The van der Waals surface area contributed by atoms with Gasteiger partial charge in [0, 0.05) is 6.92 Å². The maximum absolute atomic E-state index is 11.8. The normalized spacial score (nSPS) is 13.4. The Morgan fingerprint density at radius 3 is 2.13 bits per heavy atom. The number of ether oxygens (including phenoxy) is 2. The van der Waals surface area contributed by atoms with Gasteiger partial charge in [-0.05, 0) is 53.0 Å². The number of ketones is 1. The van der Waals surface area contributed by atoms with E-state index in [2.05, 4.69) is 0 Å². The zero-order valence-corrected chi connectivity index (χ0v) is 14.8. The van der Waals surface area contributed by atoms with Crippen molar-refractivity contribution in [2.45, 2.75) is 53.9 Å². The van der Waals surface area contributed by atoms with E-state index in [0.29, 0.717) is 13.0 Å². The van der Waals surface area contributed by atoms with Crippen LogP contribution in [0.3, 0.4) is 0 Å². The average molecular weight is 324 g/mol. The van der Waals surface area contributed by atoms with Crippen molar-refractivity contribution in [1.29, 1.82) is 0 Å². The molecule has 1 atom stereocenters. The number of hydrogen-bond acceptors (Lipinski definition) is 5. The third-order valence-corrected chi connectivity index (χ3v) is 3.34. The molecule has 1 unspecified atom stereocenters. The highest BCUT2D eigenvalue weighted by molar-refractivity contribution is 5.97. The van der Waals surface area contributed by atoms with Crippen LogP contribution < -0.4 is 0 Å². The minimum atomic E-state index is -0.716. The Morgan fingerprint density at radius 2 is 1.61 bits per heavy atom. The van der Waals surface area contributed by atoms with Crippen LogP contribution in [0.4, 0.5) is 0 Å². The first-order valence-corrected chi connectivity index (χ1v) is 7.89. The van der Waals surface area contributed by atoms with Crippen LogP contribution in [-0.2, 0) is 23.9 Å². The molecular weight excluding hydrogens is 296 g/mol. The van der Waals surface area contributed by atoms with Gasteiger partial charge in [0.15, 0.2) is 0 Å². The van der Waals surface area contributed by atoms with Crippen molar-refractivity contribution in [2.24, 2.45) is 5.92 Å². The number of esters is 2. The van der Waals surface area contributed by atoms with Gasteiger partial charge in [-0.25, -0.2) is 0 Å². The number of hydrogen-bond donors (Lipinski definition) is 0.